The molecule has 2 aliphatic heterocycles. The molecular formula is C25H27N3O3. The van der Waals surface area contributed by atoms with Gasteiger partial charge in [-0.05, 0) is 61.1 Å². The number of likely N-dealkylation sites (N-methyl/N-ethyl adjacent to an activating group) is 1. The van der Waals surface area contributed by atoms with Crippen molar-refractivity contribution in [2.45, 2.75) is 25.7 Å². The molecular weight excluding hydrogens is 390 g/mol. The van der Waals surface area contributed by atoms with Crippen LogP contribution in [0.1, 0.15) is 49.4 Å². The lowest BCUT2D eigenvalue weighted by Crippen LogP contribution is -2.50. The lowest BCUT2D eigenvalue weighted by Gasteiger charge is -2.34. The van der Waals surface area contributed by atoms with E-state index in [1.165, 1.54) is 21.6 Å². The topological polar surface area (TPSA) is 53.1 Å². The van der Waals surface area contributed by atoms with Crippen LogP contribution in [0, 0.1) is 0 Å². The van der Waals surface area contributed by atoms with Gasteiger partial charge in [-0.1, -0.05) is 12.1 Å². The highest BCUT2D eigenvalue weighted by molar-refractivity contribution is 6.25. The minimum Gasteiger partial charge on any atom is -0.496 e. The summed E-state index contributed by atoms with van der Waals surface area (Å²) in [5, 5.41) is 0. The minimum absolute atomic E-state index is 0.108. The fraction of sp³-hybridized carbons (Fsp3) is 0.440. The van der Waals surface area contributed by atoms with Crippen LogP contribution in [-0.4, -0.2) is 73.5 Å². The molecule has 0 spiro atoms. The Morgan fingerprint density at radius 2 is 1.61 bits per heavy atom. The van der Waals surface area contributed by atoms with Crippen LogP contribution in [0.4, 0.5) is 0 Å². The molecule has 0 bridgehead atoms. The average Bonchev–Trinajstić information content (AvgIpc) is 3.46. The Balaban J connectivity index is 1.49. The number of hydrogen-bond donors (Lipinski definition) is 0. The van der Waals surface area contributed by atoms with Crippen LogP contribution in [0.25, 0.3) is 11.1 Å². The Morgan fingerprint density at radius 3 is 2.39 bits per heavy atom. The predicted molar refractivity (Wildman–Crippen MR) is 118 cm³/mol. The van der Waals surface area contributed by atoms with Crippen molar-refractivity contribution in [3.05, 3.63) is 51.6 Å². The van der Waals surface area contributed by atoms with E-state index in [1.54, 1.807) is 7.11 Å². The summed E-state index contributed by atoms with van der Waals surface area (Å²) in [7, 11) is 3.78. The van der Waals surface area contributed by atoms with Crippen molar-refractivity contribution in [1.82, 2.24) is 14.7 Å². The summed E-state index contributed by atoms with van der Waals surface area (Å²) in [5.41, 5.74) is 8.12. The third-order valence-corrected chi connectivity index (χ3v) is 7.49. The fourth-order valence-electron chi connectivity index (χ4n) is 5.90. The number of carbonyl (C=O) groups is 2. The Bertz CT molecular complexity index is 1130. The minimum atomic E-state index is -0.136. The van der Waals surface area contributed by atoms with Crippen LogP contribution in [0.3, 0.4) is 0 Å². The largest absolute Gasteiger partial charge is 0.496 e. The van der Waals surface area contributed by atoms with E-state index in [9.17, 15) is 9.59 Å². The Hall–Kier alpha value is -2.70. The van der Waals surface area contributed by atoms with Gasteiger partial charge in [0.1, 0.15) is 5.75 Å². The van der Waals surface area contributed by atoms with Gasteiger partial charge in [-0.25, -0.2) is 0 Å². The highest BCUT2D eigenvalue weighted by atomic mass is 16.5. The SMILES string of the molecule is COc1cccc2c1-c1c(c3c(c4c1C(=O)N(CN1CCN(C)CC1)C4=O)CCC3)C2. The first-order valence-electron chi connectivity index (χ1n) is 11.2. The second-order valence-electron chi connectivity index (χ2n) is 9.19. The molecule has 31 heavy (non-hydrogen) atoms. The molecule has 0 radical (unpaired) electrons. The molecule has 2 heterocycles. The summed E-state index contributed by atoms with van der Waals surface area (Å²) in [6.07, 6.45) is 3.74. The van der Waals surface area contributed by atoms with Crippen LogP contribution < -0.4 is 4.74 Å². The Morgan fingerprint density at radius 1 is 0.871 bits per heavy atom. The van der Waals surface area contributed by atoms with Gasteiger partial charge >= 0.3 is 0 Å². The van der Waals surface area contributed by atoms with Crippen molar-refractivity contribution in [2.75, 3.05) is 47.0 Å². The summed E-state index contributed by atoms with van der Waals surface area (Å²) in [6.45, 7) is 4.03. The molecule has 0 atom stereocenters. The van der Waals surface area contributed by atoms with Gasteiger partial charge in [0.2, 0.25) is 0 Å². The van der Waals surface area contributed by atoms with Crippen LogP contribution in [0.2, 0.25) is 0 Å². The van der Waals surface area contributed by atoms with Gasteiger partial charge in [0.05, 0.1) is 24.9 Å². The molecule has 6 nitrogen and oxygen atoms in total. The standard InChI is InChI=1S/C25H27N3O3/c1-26-9-11-27(12-10-26)14-28-24(29)22-17-7-4-6-16(17)18-13-15-5-3-8-19(31-2)20(15)21(18)23(22)25(28)30/h3,5,8H,4,6-7,9-14H2,1-2H3. The molecule has 6 heteroatoms. The molecule has 0 saturated carbocycles. The first-order valence-corrected chi connectivity index (χ1v) is 11.2. The highest BCUT2D eigenvalue weighted by Gasteiger charge is 2.45. The molecule has 6 rings (SSSR count). The normalized spacial score (nSPS) is 20.1. The number of rotatable bonds is 3. The molecule has 0 aromatic heterocycles. The quantitative estimate of drug-likeness (QED) is 0.613. The summed E-state index contributed by atoms with van der Waals surface area (Å²) in [4.78, 5) is 33.3. The maximum atomic E-state index is 13.7. The van der Waals surface area contributed by atoms with Crippen LogP contribution in [0.15, 0.2) is 18.2 Å². The molecule has 1 saturated heterocycles. The van der Waals surface area contributed by atoms with Crippen molar-refractivity contribution >= 4 is 11.8 Å². The first kappa shape index (κ1) is 19.0. The second-order valence-corrected chi connectivity index (χ2v) is 9.19. The monoisotopic (exact) mass is 417 g/mol. The summed E-state index contributed by atoms with van der Waals surface area (Å²) in [6, 6.07) is 6.09. The van der Waals surface area contributed by atoms with Gasteiger partial charge in [-0.15, -0.1) is 0 Å². The van der Waals surface area contributed by atoms with E-state index in [1.807, 2.05) is 12.1 Å². The zero-order valence-electron chi connectivity index (χ0n) is 18.2. The number of benzene rings is 2. The van der Waals surface area contributed by atoms with E-state index in [-0.39, 0.29) is 11.8 Å². The number of methoxy groups -OCH3 is 1. The van der Waals surface area contributed by atoms with Crippen LogP contribution >= 0.6 is 0 Å². The maximum Gasteiger partial charge on any atom is 0.263 e. The Labute approximate surface area is 182 Å². The fourth-order valence-corrected chi connectivity index (χ4v) is 5.90. The zero-order chi connectivity index (χ0) is 21.3. The smallest absolute Gasteiger partial charge is 0.263 e. The second kappa shape index (κ2) is 6.90. The molecule has 2 aromatic carbocycles. The number of amides is 2. The van der Waals surface area contributed by atoms with Gasteiger partial charge in [-0.3, -0.25) is 19.4 Å². The number of piperazine rings is 1. The molecule has 2 aliphatic carbocycles. The van der Waals surface area contributed by atoms with E-state index in [2.05, 4.69) is 22.9 Å². The van der Waals surface area contributed by atoms with E-state index >= 15 is 0 Å². The number of carbonyl (C=O) groups excluding carboxylic acids is 2. The number of ether oxygens (including phenoxy) is 1. The highest BCUT2D eigenvalue weighted by Crippen LogP contribution is 2.51. The number of hydrogen-bond acceptors (Lipinski definition) is 5. The lowest BCUT2D eigenvalue weighted by molar-refractivity contribution is 0.0475. The number of nitrogens with zero attached hydrogens (tertiary/aromatic N) is 3. The van der Waals surface area contributed by atoms with Crippen molar-refractivity contribution in [3.63, 3.8) is 0 Å². The van der Waals surface area contributed by atoms with Gasteiger partial charge < -0.3 is 9.64 Å². The Kier molecular flexibility index (Phi) is 4.24. The van der Waals surface area contributed by atoms with Crippen molar-refractivity contribution < 1.29 is 14.3 Å². The molecule has 160 valence electrons. The molecule has 0 N–H and O–H groups in total. The van der Waals surface area contributed by atoms with Crippen LogP contribution in [0.5, 0.6) is 5.75 Å². The van der Waals surface area contributed by atoms with Crippen molar-refractivity contribution in [2.24, 2.45) is 0 Å². The first-order chi connectivity index (χ1) is 15.1. The zero-order valence-corrected chi connectivity index (χ0v) is 18.2. The number of fused-ring (bicyclic) bond motifs is 8. The van der Waals surface area contributed by atoms with E-state index in [0.29, 0.717) is 17.8 Å². The predicted octanol–water partition coefficient (Wildman–Crippen LogP) is 2.56. The van der Waals surface area contributed by atoms with Gasteiger partial charge in [0.15, 0.2) is 0 Å². The summed E-state index contributed by atoms with van der Waals surface area (Å²) < 4.78 is 5.69. The van der Waals surface area contributed by atoms with Crippen LogP contribution in [-0.2, 0) is 19.3 Å². The molecule has 4 aliphatic rings. The van der Waals surface area contributed by atoms with Gasteiger partial charge in [-0.2, -0.15) is 0 Å². The van der Waals surface area contributed by atoms with E-state index in [0.717, 1.165) is 74.3 Å². The maximum absolute atomic E-state index is 13.7. The van der Waals surface area contributed by atoms with Gasteiger partial charge in [0.25, 0.3) is 11.8 Å². The third kappa shape index (κ3) is 2.64. The van der Waals surface area contributed by atoms with E-state index < -0.39 is 0 Å². The third-order valence-electron chi connectivity index (χ3n) is 7.49. The van der Waals surface area contributed by atoms with E-state index in [4.69, 9.17) is 4.74 Å². The van der Waals surface area contributed by atoms with Crippen molar-refractivity contribution in [3.8, 4) is 16.9 Å². The lowest BCUT2D eigenvalue weighted by atomic mass is 9.88. The summed E-state index contributed by atoms with van der Waals surface area (Å²) in [5.74, 6) is 0.543. The molecule has 0 unspecified atom stereocenters. The molecule has 1 fully saturated rings. The molecule has 2 aromatic rings. The van der Waals surface area contributed by atoms with Gasteiger partial charge in [0, 0.05) is 37.3 Å². The number of imide groups is 1. The molecule has 2 amide bonds. The van der Waals surface area contributed by atoms with Crippen molar-refractivity contribution in [1.29, 1.82) is 0 Å². The average molecular weight is 418 g/mol. The summed E-state index contributed by atoms with van der Waals surface area (Å²) >= 11 is 0.